The van der Waals surface area contributed by atoms with Crippen LogP contribution in [-0.2, 0) is 0 Å². The van der Waals surface area contributed by atoms with E-state index in [4.69, 9.17) is 5.73 Å². The minimum Gasteiger partial charge on any atom is -0.493 e. The zero-order valence-corrected chi connectivity index (χ0v) is 9.60. The Morgan fingerprint density at radius 1 is 1.41 bits per heavy atom. The van der Waals surface area contributed by atoms with Gasteiger partial charge in [0.15, 0.2) is 0 Å². The molecule has 1 aromatic rings. The summed E-state index contributed by atoms with van der Waals surface area (Å²) in [4.78, 5) is 15.5. The van der Waals surface area contributed by atoms with Crippen molar-refractivity contribution >= 4 is 5.91 Å². The third-order valence-electron chi connectivity index (χ3n) is 3.11. The van der Waals surface area contributed by atoms with Crippen molar-refractivity contribution in [3.63, 3.8) is 0 Å². The Morgan fingerprint density at radius 3 is 2.76 bits per heavy atom. The maximum atomic E-state index is 11.9. The van der Waals surface area contributed by atoms with Gasteiger partial charge in [-0.25, -0.2) is 4.98 Å². The molecule has 0 atom stereocenters. The van der Waals surface area contributed by atoms with Gasteiger partial charge in [0.2, 0.25) is 5.88 Å². The van der Waals surface area contributed by atoms with Crippen molar-refractivity contribution in [3.8, 4) is 5.88 Å². The number of aromatic hydroxyl groups is 1. The molecule has 1 saturated carbocycles. The largest absolute Gasteiger partial charge is 0.493 e. The molecule has 1 amide bonds. The number of aromatic nitrogens is 1. The SMILES string of the molecule is NC1CCC(NC(=O)c2ccnc(O)c2)CC1. The monoisotopic (exact) mass is 235 g/mol. The number of carbonyl (C=O) groups is 1. The number of hydrogen-bond acceptors (Lipinski definition) is 4. The van der Waals surface area contributed by atoms with E-state index in [2.05, 4.69) is 10.3 Å². The number of nitrogens with one attached hydrogen (secondary N) is 1. The number of pyridine rings is 1. The molecule has 5 heteroatoms. The first-order valence-electron chi connectivity index (χ1n) is 5.86. The summed E-state index contributed by atoms with van der Waals surface area (Å²) < 4.78 is 0. The Balaban J connectivity index is 1.93. The highest BCUT2D eigenvalue weighted by Crippen LogP contribution is 2.17. The molecule has 5 nitrogen and oxygen atoms in total. The van der Waals surface area contributed by atoms with Crippen molar-refractivity contribution in [2.24, 2.45) is 5.73 Å². The summed E-state index contributed by atoms with van der Waals surface area (Å²) in [5, 5.41) is 12.1. The average molecular weight is 235 g/mol. The second kappa shape index (κ2) is 5.14. The van der Waals surface area contributed by atoms with E-state index in [1.54, 1.807) is 6.07 Å². The van der Waals surface area contributed by atoms with E-state index >= 15 is 0 Å². The normalized spacial score (nSPS) is 24.3. The molecular weight excluding hydrogens is 218 g/mol. The predicted molar refractivity (Wildman–Crippen MR) is 63.6 cm³/mol. The van der Waals surface area contributed by atoms with Crippen LogP contribution in [0.15, 0.2) is 18.3 Å². The maximum absolute atomic E-state index is 11.9. The summed E-state index contributed by atoms with van der Waals surface area (Å²) >= 11 is 0. The summed E-state index contributed by atoms with van der Waals surface area (Å²) in [6, 6.07) is 3.42. The quantitative estimate of drug-likeness (QED) is 0.707. The fourth-order valence-electron chi connectivity index (χ4n) is 2.09. The molecule has 1 aromatic heterocycles. The Labute approximate surface area is 100 Å². The molecule has 0 aliphatic heterocycles. The number of carbonyl (C=O) groups excluding carboxylic acids is 1. The van der Waals surface area contributed by atoms with Crippen LogP contribution in [0.5, 0.6) is 5.88 Å². The first-order chi connectivity index (χ1) is 8.15. The molecule has 1 aliphatic carbocycles. The van der Waals surface area contributed by atoms with E-state index in [1.165, 1.54) is 12.3 Å². The third-order valence-corrected chi connectivity index (χ3v) is 3.11. The lowest BCUT2D eigenvalue weighted by Gasteiger charge is -2.26. The summed E-state index contributed by atoms with van der Waals surface area (Å²) in [5.41, 5.74) is 6.24. The lowest BCUT2D eigenvalue weighted by atomic mass is 9.91. The van der Waals surface area contributed by atoms with Crippen LogP contribution in [-0.4, -0.2) is 28.1 Å². The Bertz CT molecular complexity index is 400. The predicted octanol–water partition coefficient (Wildman–Crippen LogP) is 0.787. The lowest BCUT2D eigenvalue weighted by molar-refractivity contribution is 0.0925. The molecule has 92 valence electrons. The average Bonchev–Trinajstić information content (AvgIpc) is 2.32. The van der Waals surface area contributed by atoms with Gasteiger partial charge in [0.05, 0.1) is 0 Å². The smallest absolute Gasteiger partial charge is 0.251 e. The molecule has 0 saturated heterocycles. The molecule has 0 aromatic carbocycles. The highest BCUT2D eigenvalue weighted by atomic mass is 16.3. The van der Waals surface area contributed by atoms with Crippen molar-refractivity contribution in [3.05, 3.63) is 23.9 Å². The van der Waals surface area contributed by atoms with Crippen molar-refractivity contribution in [1.82, 2.24) is 10.3 Å². The summed E-state index contributed by atoms with van der Waals surface area (Å²) in [5.74, 6) is -0.300. The van der Waals surface area contributed by atoms with E-state index in [0.717, 1.165) is 25.7 Å². The molecule has 4 N–H and O–H groups in total. The lowest BCUT2D eigenvalue weighted by Crippen LogP contribution is -2.40. The molecular formula is C12H17N3O2. The zero-order valence-electron chi connectivity index (χ0n) is 9.60. The van der Waals surface area contributed by atoms with Crippen molar-refractivity contribution in [1.29, 1.82) is 0 Å². The van der Waals surface area contributed by atoms with Gasteiger partial charge in [-0.3, -0.25) is 4.79 Å². The maximum Gasteiger partial charge on any atom is 0.251 e. The number of nitrogens with zero attached hydrogens (tertiary/aromatic N) is 1. The molecule has 2 rings (SSSR count). The first-order valence-corrected chi connectivity index (χ1v) is 5.86. The third kappa shape index (κ3) is 3.17. The topological polar surface area (TPSA) is 88.2 Å². The van der Waals surface area contributed by atoms with E-state index in [0.29, 0.717) is 5.56 Å². The van der Waals surface area contributed by atoms with E-state index in [9.17, 15) is 9.90 Å². The molecule has 0 unspecified atom stereocenters. The molecule has 0 spiro atoms. The number of nitrogens with two attached hydrogens (primary N) is 1. The van der Waals surface area contributed by atoms with Crippen molar-refractivity contribution in [2.45, 2.75) is 37.8 Å². The van der Waals surface area contributed by atoms with E-state index in [-0.39, 0.29) is 23.9 Å². The molecule has 0 radical (unpaired) electrons. The summed E-state index contributed by atoms with van der Waals surface area (Å²) in [6.45, 7) is 0. The fraction of sp³-hybridized carbons (Fsp3) is 0.500. The van der Waals surface area contributed by atoms with Gasteiger partial charge in [-0.1, -0.05) is 0 Å². The minimum absolute atomic E-state index is 0.136. The number of amides is 1. The Kier molecular flexibility index (Phi) is 3.58. The second-order valence-electron chi connectivity index (χ2n) is 4.49. The Morgan fingerprint density at radius 2 is 2.12 bits per heavy atom. The minimum atomic E-state index is -0.164. The van der Waals surface area contributed by atoms with Crippen LogP contribution in [0.4, 0.5) is 0 Å². The fourth-order valence-corrected chi connectivity index (χ4v) is 2.09. The van der Waals surface area contributed by atoms with Crippen LogP contribution in [0.3, 0.4) is 0 Å². The first kappa shape index (κ1) is 11.9. The van der Waals surface area contributed by atoms with Gasteiger partial charge in [-0.15, -0.1) is 0 Å². The van der Waals surface area contributed by atoms with Gasteiger partial charge in [0.25, 0.3) is 5.91 Å². The van der Waals surface area contributed by atoms with Gasteiger partial charge in [0.1, 0.15) is 0 Å². The van der Waals surface area contributed by atoms with Crippen LogP contribution in [0.2, 0.25) is 0 Å². The molecule has 1 aliphatic rings. The van der Waals surface area contributed by atoms with Gasteiger partial charge >= 0.3 is 0 Å². The zero-order chi connectivity index (χ0) is 12.3. The van der Waals surface area contributed by atoms with Crippen LogP contribution < -0.4 is 11.1 Å². The Hall–Kier alpha value is -1.62. The molecule has 1 heterocycles. The van der Waals surface area contributed by atoms with Crippen LogP contribution >= 0.6 is 0 Å². The van der Waals surface area contributed by atoms with Gasteiger partial charge in [-0.2, -0.15) is 0 Å². The van der Waals surface area contributed by atoms with Crippen LogP contribution in [0.25, 0.3) is 0 Å². The highest BCUT2D eigenvalue weighted by molar-refractivity contribution is 5.94. The molecule has 17 heavy (non-hydrogen) atoms. The van der Waals surface area contributed by atoms with E-state index in [1.807, 2.05) is 0 Å². The van der Waals surface area contributed by atoms with Crippen molar-refractivity contribution in [2.75, 3.05) is 0 Å². The molecule has 1 fully saturated rings. The van der Waals surface area contributed by atoms with Gasteiger partial charge in [0, 0.05) is 29.9 Å². The van der Waals surface area contributed by atoms with Crippen molar-refractivity contribution < 1.29 is 9.90 Å². The number of rotatable bonds is 2. The number of hydrogen-bond donors (Lipinski definition) is 3. The molecule has 0 bridgehead atoms. The second-order valence-corrected chi connectivity index (χ2v) is 4.49. The van der Waals surface area contributed by atoms with E-state index < -0.39 is 0 Å². The van der Waals surface area contributed by atoms with Crippen LogP contribution in [0, 0.1) is 0 Å². The van der Waals surface area contributed by atoms with Gasteiger partial charge in [-0.05, 0) is 31.7 Å². The summed E-state index contributed by atoms with van der Waals surface area (Å²) in [6.07, 6.45) is 5.16. The standard InChI is InChI=1S/C12H17N3O2/c13-9-1-3-10(4-2-9)15-12(17)8-5-6-14-11(16)7-8/h5-7,9-10H,1-4,13H2,(H,14,16)(H,15,17). The highest BCUT2D eigenvalue weighted by Gasteiger charge is 2.20. The van der Waals surface area contributed by atoms with Gasteiger partial charge < -0.3 is 16.2 Å². The van der Waals surface area contributed by atoms with Crippen LogP contribution in [0.1, 0.15) is 36.0 Å². The summed E-state index contributed by atoms with van der Waals surface area (Å²) in [7, 11) is 0.